The van der Waals surface area contributed by atoms with Gasteiger partial charge in [0.15, 0.2) is 0 Å². The van der Waals surface area contributed by atoms with Gasteiger partial charge in [-0.15, -0.1) is 0 Å². The van der Waals surface area contributed by atoms with Crippen molar-refractivity contribution in [1.82, 2.24) is 0 Å². The maximum atomic E-state index is 12.0. The summed E-state index contributed by atoms with van der Waals surface area (Å²) in [7, 11) is -3.76. The zero-order valence-electron chi connectivity index (χ0n) is 29.4. The van der Waals surface area contributed by atoms with Crippen molar-refractivity contribution in [2.24, 2.45) is 0 Å². The van der Waals surface area contributed by atoms with Crippen LogP contribution in [0, 0.1) is 0 Å². The highest BCUT2D eigenvalue weighted by Gasteiger charge is 2.13. The van der Waals surface area contributed by atoms with E-state index in [4.69, 9.17) is 56.3 Å². The van der Waals surface area contributed by atoms with E-state index in [0.717, 1.165) is 6.29 Å². The predicted octanol–water partition coefficient (Wildman–Crippen LogP) is 2.45. The summed E-state index contributed by atoms with van der Waals surface area (Å²) in [6, 6.07) is 14.9. The van der Waals surface area contributed by atoms with Crippen LogP contribution < -0.4 is 4.74 Å². The first kappa shape index (κ1) is 44.6. The molecule has 15 nitrogen and oxygen atoms in total. The van der Waals surface area contributed by atoms with Crippen LogP contribution in [-0.2, 0) is 61.7 Å². The fourth-order valence-electron chi connectivity index (χ4n) is 3.80. The molecule has 0 aromatic heterocycles. The predicted molar refractivity (Wildman–Crippen MR) is 185 cm³/mol. The SMILES string of the molecule is O=Cc1ccc(OCCOCCOCCOCCOCCOCCOCCOCCOCCOCCOCCOS(=O)(=O)c2ccccc2)cc1. The molecule has 0 heterocycles. The molecule has 0 bridgehead atoms. The van der Waals surface area contributed by atoms with Gasteiger partial charge in [-0.3, -0.25) is 8.98 Å². The van der Waals surface area contributed by atoms with Crippen LogP contribution in [0.5, 0.6) is 5.75 Å². The quantitative estimate of drug-likeness (QED) is 0.0563. The number of ether oxygens (including phenoxy) is 11. The Morgan fingerprint density at radius 3 is 1.04 bits per heavy atom. The summed E-state index contributed by atoms with van der Waals surface area (Å²) in [4.78, 5) is 10.8. The summed E-state index contributed by atoms with van der Waals surface area (Å²) in [5, 5.41) is 0. The first-order valence-corrected chi connectivity index (χ1v) is 18.4. The number of benzene rings is 2. The Hall–Kier alpha value is -2.58. The largest absolute Gasteiger partial charge is 0.491 e. The highest BCUT2D eigenvalue weighted by molar-refractivity contribution is 7.86. The number of hydrogen-bond acceptors (Lipinski definition) is 15. The molecule has 16 heteroatoms. The van der Waals surface area contributed by atoms with Gasteiger partial charge in [-0.1, -0.05) is 18.2 Å². The Labute approximate surface area is 301 Å². The summed E-state index contributed by atoms with van der Waals surface area (Å²) in [5.74, 6) is 0.696. The van der Waals surface area contributed by atoms with E-state index < -0.39 is 10.1 Å². The molecular formula is C35H54O15S. The number of carbonyl (C=O) groups excluding carboxylic acids is 1. The van der Waals surface area contributed by atoms with Gasteiger partial charge in [0.2, 0.25) is 0 Å². The average molecular weight is 747 g/mol. The lowest BCUT2D eigenvalue weighted by Crippen LogP contribution is -2.16. The van der Waals surface area contributed by atoms with E-state index in [2.05, 4.69) is 0 Å². The fourth-order valence-corrected chi connectivity index (χ4v) is 4.71. The molecule has 0 radical (unpaired) electrons. The Bertz CT molecular complexity index is 1170. The molecular weight excluding hydrogens is 692 g/mol. The molecule has 0 unspecified atom stereocenters. The highest BCUT2D eigenvalue weighted by atomic mass is 32.2. The first-order valence-electron chi connectivity index (χ1n) is 17.0. The molecule has 0 saturated carbocycles. The molecule has 0 fully saturated rings. The summed E-state index contributed by atoms with van der Waals surface area (Å²) >= 11 is 0. The summed E-state index contributed by atoms with van der Waals surface area (Å²) < 4.78 is 88.9. The standard InChI is InChI=1S/C35H54O15S/c36-32-33-6-8-34(9-7-33)49-30-28-47-26-24-45-22-20-43-18-16-41-14-12-39-10-11-40-13-15-42-17-19-44-21-23-46-25-27-48-29-31-50-51(37,38)35-4-2-1-3-5-35/h1-9,32H,10-31H2. The van der Waals surface area contributed by atoms with E-state index in [9.17, 15) is 13.2 Å². The van der Waals surface area contributed by atoms with Gasteiger partial charge in [-0.05, 0) is 36.4 Å². The average Bonchev–Trinajstić information content (AvgIpc) is 3.15. The maximum Gasteiger partial charge on any atom is 0.297 e. The zero-order valence-corrected chi connectivity index (χ0v) is 30.2. The second-order valence-electron chi connectivity index (χ2n) is 10.2. The van der Waals surface area contributed by atoms with E-state index in [1.54, 1.807) is 42.5 Å². The molecule has 0 atom stereocenters. The molecule has 51 heavy (non-hydrogen) atoms. The number of carbonyl (C=O) groups is 1. The lowest BCUT2D eigenvalue weighted by atomic mass is 10.2. The van der Waals surface area contributed by atoms with Crippen LogP contribution in [0.15, 0.2) is 59.5 Å². The third-order valence-electron chi connectivity index (χ3n) is 6.36. The van der Waals surface area contributed by atoms with Crippen molar-refractivity contribution >= 4 is 16.4 Å². The smallest absolute Gasteiger partial charge is 0.297 e. The lowest BCUT2D eigenvalue weighted by Gasteiger charge is -2.09. The molecule has 0 aliphatic rings. The number of aldehydes is 1. The van der Waals surface area contributed by atoms with Crippen molar-refractivity contribution in [3.05, 3.63) is 60.2 Å². The topological polar surface area (TPSA) is 162 Å². The second kappa shape index (κ2) is 32.1. The molecule has 2 aromatic carbocycles. The maximum absolute atomic E-state index is 12.0. The molecule has 0 N–H and O–H groups in total. The zero-order chi connectivity index (χ0) is 36.3. The van der Waals surface area contributed by atoms with Crippen LogP contribution in [-0.4, -0.2) is 160 Å². The van der Waals surface area contributed by atoms with Crippen LogP contribution in [0.1, 0.15) is 10.4 Å². The van der Waals surface area contributed by atoms with Gasteiger partial charge < -0.3 is 52.1 Å². The van der Waals surface area contributed by atoms with Gasteiger partial charge in [-0.25, -0.2) is 0 Å². The van der Waals surface area contributed by atoms with Crippen molar-refractivity contribution in [1.29, 1.82) is 0 Å². The Kier molecular flexibility index (Phi) is 28.1. The lowest BCUT2D eigenvalue weighted by molar-refractivity contribution is -0.0269. The van der Waals surface area contributed by atoms with E-state index in [0.29, 0.717) is 143 Å². The highest BCUT2D eigenvalue weighted by Crippen LogP contribution is 2.11. The van der Waals surface area contributed by atoms with E-state index >= 15 is 0 Å². The van der Waals surface area contributed by atoms with Crippen LogP contribution in [0.2, 0.25) is 0 Å². The molecule has 0 saturated heterocycles. The van der Waals surface area contributed by atoms with Crippen LogP contribution in [0.4, 0.5) is 0 Å². The van der Waals surface area contributed by atoms with Gasteiger partial charge >= 0.3 is 0 Å². The van der Waals surface area contributed by atoms with Crippen LogP contribution >= 0.6 is 0 Å². The van der Waals surface area contributed by atoms with Crippen molar-refractivity contribution < 1.29 is 69.5 Å². The van der Waals surface area contributed by atoms with Crippen LogP contribution in [0.25, 0.3) is 0 Å². The minimum atomic E-state index is -3.76. The van der Waals surface area contributed by atoms with Crippen molar-refractivity contribution in [3.63, 3.8) is 0 Å². The monoisotopic (exact) mass is 746 g/mol. The summed E-state index contributed by atoms with van der Waals surface area (Å²) in [6.07, 6.45) is 0.793. The summed E-state index contributed by atoms with van der Waals surface area (Å²) in [6.45, 7) is 9.09. The summed E-state index contributed by atoms with van der Waals surface area (Å²) in [5.41, 5.74) is 0.611. The Balaban J connectivity index is 1.16. The Morgan fingerprint density at radius 2 is 0.706 bits per heavy atom. The third-order valence-corrected chi connectivity index (χ3v) is 7.69. The van der Waals surface area contributed by atoms with Gasteiger partial charge in [-0.2, -0.15) is 8.42 Å². The third kappa shape index (κ3) is 25.9. The minimum Gasteiger partial charge on any atom is -0.491 e. The molecule has 290 valence electrons. The van der Waals surface area contributed by atoms with Gasteiger partial charge in [0, 0.05) is 5.56 Å². The van der Waals surface area contributed by atoms with Gasteiger partial charge in [0.05, 0.1) is 144 Å². The molecule has 2 rings (SSSR count). The van der Waals surface area contributed by atoms with Crippen molar-refractivity contribution in [3.8, 4) is 5.75 Å². The minimum absolute atomic E-state index is 0.0631. The second-order valence-corrected chi connectivity index (χ2v) is 11.9. The number of rotatable bonds is 37. The van der Waals surface area contributed by atoms with Gasteiger partial charge in [0.1, 0.15) is 18.6 Å². The molecule has 0 aliphatic heterocycles. The van der Waals surface area contributed by atoms with E-state index in [1.807, 2.05) is 0 Å². The van der Waals surface area contributed by atoms with Crippen molar-refractivity contribution in [2.75, 3.05) is 145 Å². The van der Waals surface area contributed by atoms with Gasteiger partial charge in [0.25, 0.3) is 10.1 Å². The molecule has 0 amide bonds. The normalized spacial score (nSPS) is 11.6. The van der Waals surface area contributed by atoms with Crippen LogP contribution in [0.3, 0.4) is 0 Å². The fraction of sp³-hybridized carbons (Fsp3) is 0.629. The number of hydrogen-bond donors (Lipinski definition) is 0. The molecule has 2 aromatic rings. The van der Waals surface area contributed by atoms with E-state index in [-0.39, 0.29) is 18.1 Å². The molecule has 0 aliphatic carbocycles. The first-order chi connectivity index (χ1) is 25.1. The van der Waals surface area contributed by atoms with E-state index in [1.165, 1.54) is 12.1 Å². The molecule has 0 spiro atoms. The van der Waals surface area contributed by atoms with Crippen molar-refractivity contribution in [2.45, 2.75) is 4.90 Å². The Morgan fingerprint density at radius 1 is 0.392 bits per heavy atom.